The topological polar surface area (TPSA) is 29.1 Å². The Morgan fingerprint density at radius 2 is 1.81 bits per heavy atom. The van der Waals surface area contributed by atoms with Crippen LogP contribution in [0.15, 0.2) is 36.4 Å². The van der Waals surface area contributed by atoms with E-state index in [-0.39, 0.29) is 5.91 Å². The Kier molecular flexibility index (Phi) is 3.78. The molecule has 1 amide bonds. The second kappa shape index (κ2) is 5.72. The highest BCUT2D eigenvalue weighted by Crippen LogP contribution is 2.30. The van der Waals surface area contributed by atoms with E-state index < -0.39 is 0 Å². The van der Waals surface area contributed by atoms with Gasteiger partial charge in [-0.1, -0.05) is 24.3 Å². The minimum absolute atomic E-state index is 0.00789. The fraction of sp³-hybridized carbons (Fsp3) is 0.316. The second-order valence-corrected chi connectivity index (χ2v) is 5.93. The third-order valence-electron chi connectivity index (χ3n) is 4.25. The van der Waals surface area contributed by atoms with Crippen molar-refractivity contribution in [2.24, 2.45) is 0 Å². The van der Waals surface area contributed by atoms with Crippen molar-refractivity contribution < 1.29 is 4.79 Å². The molecule has 0 atom stereocenters. The molecule has 0 saturated carbocycles. The van der Waals surface area contributed by atoms with Gasteiger partial charge in [0.05, 0.1) is 0 Å². The van der Waals surface area contributed by atoms with Gasteiger partial charge in [-0.2, -0.15) is 0 Å². The third kappa shape index (κ3) is 2.85. The number of nitrogens with one attached hydrogen (secondary N) is 1. The molecule has 0 aliphatic heterocycles. The van der Waals surface area contributed by atoms with Crippen LogP contribution in [0.3, 0.4) is 0 Å². The van der Waals surface area contributed by atoms with Gasteiger partial charge in [0.15, 0.2) is 0 Å². The molecule has 2 heteroatoms. The van der Waals surface area contributed by atoms with Gasteiger partial charge >= 0.3 is 0 Å². The molecule has 0 heterocycles. The van der Waals surface area contributed by atoms with Crippen LogP contribution in [0.5, 0.6) is 0 Å². The molecule has 2 nitrogen and oxygen atoms in total. The lowest BCUT2D eigenvalue weighted by atomic mass is 9.89. The van der Waals surface area contributed by atoms with Crippen LogP contribution in [-0.4, -0.2) is 5.91 Å². The first kappa shape index (κ1) is 13.9. The highest BCUT2D eigenvalue weighted by Gasteiger charge is 2.16. The molecule has 0 spiro atoms. The zero-order valence-corrected chi connectivity index (χ0v) is 12.7. The number of hydrogen-bond donors (Lipinski definition) is 1. The summed E-state index contributed by atoms with van der Waals surface area (Å²) in [4.78, 5) is 12.5. The van der Waals surface area contributed by atoms with Gasteiger partial charge < -0.3 is 5.32 Å². The first-order chi connectivity index (χ1) is 10.1. The lowest BCUT2D eigenvalue weighted by Crippen LogP contribution is -2.16. The predicted molar refractivity (Wildman–Crippen MR) is 87.0 cm³/mol. The van der Waals surface area contributed by atoms with Crippen LogP contribution < -0.4 is 5.32 Å². The van der Waals surface area contributed by atoms with Gasteiger partial charge in [0.2, 0.25) is 0 Å². The maximum atomic E-state index is 12.5. The molecule has 2 aromatic rings. The van der Waals surface area contributed by atoms with E-state index in [9.17, 15) is 4.79 Å². The van der Waals surface area contributed by atoms with E-state index in [0.717, 1.165) is 29.7 Å². The first-order valence-electron chi connectivity index (χ1n) is 7.64. The Balaban J connectivity index is 1.93. The van der Waals surface area contributed by atoms with Crippen LogP contribution in [0.1, 0.15) is 45.5 Å². The largest absolute Gasteiger partial charge is 0.322 e. The van der Waals surface area contributed by atoms with Crippen LogP contribution in [-0.2, 0) is 12.8 Å². The van der Waals surface area contributed by atoms with Gasteiger partial charge in [-0.15, -0.1) is 0 Å². The molecule has 21 heavy (non-hydrogen) atoms. The Labute approximate surface area is 126 Å². The lowest BCUT2D eigenvalue weighted by Gasteiger charge is -2.21. The molecule has 0 fully saturated rings. The molecule has 0 unspecified atom stereocenters. The quantitative estimate of drug-likeness (QED) is 0.865. The number of carbonyl (C=O) groups is 1. The van der Waals surface area contributed by atoms with E-state index >= 15 is 0 Å². The zero-order valence-electron chi connectivity index (χ0n) is 12.7. The summed E-state index contributed by atoms with van der Waals surface area (Å²) in [5, 5.41) is 3.13. The lowest BCUT2D eigenvalue weighted by molar-refractivity contribution is 0.102. The van der Waals surface area contributed by atoms with Crippen molar-refractivity contribution in [3.8, 4) is 0 Å². The van der Waals surface area contributed by atoms with Gasteiger partial charge in [0.25, 0.3) is 5.91 Å². The summed E-state index contributed by atoms with van der Waals surface area (Å²) in [6, 6.07) is 12.1. The van der Waals surface area contributed by atoms with E-state index in [1.165, 1.54) is 29.5 Å². The van der Waals surface area contributed by atoms with E-state index in [0.29, 0.717) is 0 Å². The predicted octanol–water partition coefficient (Wildman–Crippen LogP) is 4.43. The molecule has 0 aromatic heterocycles. The number of amides is 1. The standard InChI is InChI=1S/C19H21NO/c1-13-11-15-8-4-6-10-17(15)18(12-13)20-19(21)16-9-5-3-7-14(16)2/h3,5,7,9,11-12H,4,6,8,10H2,1-2H3,(H,20,21). The summed E-state index contributed by atoms with van der Waals surface area (Å²) < 4.78 is 0. The monoisotopic (exact) mass is 279 g/mol. The molecule has 1 N–H and O–H groups in total. The van der Waals surface area contributed by atoms with Gasteiger partial charge in [-0.3, -0.25) is 4.79 Å². The number of benzene rings is 2. The van der Waals surface area contributed by atoms with Crippen molar-refractivity contribution in [1.82, 2.24) is 0 Å². The maximum absolute atomic E-state index is 12.5. The molecule has 1 aliphatic carbocycles. The molecule has 0 bridgehead atoms. The number of hydrogen-bond acceptors (Lipinski definition) is 1. The fourth-order valence-electron chi connectivity index (χ4n) is 3.16. The molecule has 3 rings (SSSR count). The minimum atomic E-state index is -0.00789. The summed E-state index contributed by atoms with van der Waals surface area (Å²) in [7, 11) is 0. The van der Waals surface area contributed by atoms with E-state index in [2.05, 4.69) is 24.4 Å². The average Bonchev–Trinajstić information content (AvgIpc) is 2.47. The number of carbonyl (C=O) groups excluding carboxylic acids is 1. The molecule has 2 aromatic carbocycles. The van der Waals surface area contributed by atoms with E-state index in [4.69, 9.17) is 0 Å². The molecular formula is C19H21NO. The van der Waals surface area contributed by atoms with Gasteiger partial charge in [-0.05, 0) is 73.9 Å². The number of anilines is 1. The highest BCUT2D eigenvalue weighted by molar-refractivity contribution is 6.05. The highest BCUT2D eigenvalue weighted by atomic mass is 16.1. The van der Waals surface area contributed by atoms with E-state index in [1.807, 2.05) is 31.2 Å². The summed E-state index contributed by atoms with van der Waals surface area (Å²) >= 11 is 0. The minimum Gasteiger partial charge on any atom is -0.322 e. The maximum Gasteiger partial charge on any atom is 0.255 e. The van der Waals surface area contributed by atoms with Crippen LogP contribution in [0.4, 0.5) is 5.69 Å². The summed E-state index contributed by atoms with van der Waals surface area (Å²) in [6.07, 6.45) is 4.66. The van der Waals surface area contributed by atoms with Gasteiger partial charge in [0, 0.05) is 11.3 Å². The van der Waals surface area contributed by atoms with Gasteiger partial charge in [0.1, 0.15) is 0 Å². The third-order valence-corrected chi connectivity index (χ3v) is 4.25. The fourth-order valence-corrected chi connectivity index (χ4v) is 3.16. The molecule has 1 aliphatic rings. The molecule has 0 radical (unpaired) electrons. The second-order valence-electron chi connectivity index (χ2n) is 5.93. The molecular weight excluding hydrogens is 258 g/mol. The van der Waals surface area contributed by atoms with Crippen LogP contribution in [0.2, 0.25) is 0 Å². The van der Waals surface area contributed by atoms with E-state index in [1.54, 1.807) is 0 Å². The van der Waals surface area contributed by atoms with Crippen LogP contribution >= 0.6 is 0 Å². The summed E-state index contributed by atoms with van der Waals surface area (Å²) in [6.45, 7) is 4.07. The van der Waals surface area contributed by atoms with Crippen LogP contribution in [0, 0.1) is 13.8 Å². The Morgan fingerprint density at radius 1 is 1.05 bits per heavy atom. The van der Waals surface area contributed by atoms with Crippen molar-refractivity contribution >= 4 is 11.6 Å². The number of rotatable bonds is 2. The number of fused-ring (bicyclic) bond motifs is 1. The van der Waals surface area contributed by atoms with Crippen LogP contribution in [0.25, 0.3) is 0 Å². The molecule has 108 valence electrons. The SMILES string of the molecule is Cc1cc2c(c(NC(=O)c3ccccc3C)c1)CCCC2. The van der Waals surface area contributed by atoms with Crippen molar-refractivity contribution in [2.75, 3.05) is 5.32 Å². The number of aryl methyl sites for hydroxylation is 3. The summed E-state index contributed by atoms with van der Waals surface area (Å²) in [5.74, 6) is -0.00789. The Morgan fingerprint density at radius 3 is 2.62 bits per heavy atom. The van der Waals surface area contributed by atoms with Gasteiger partial charge in [-0.25, -0.2) is 0 Å². The first-order valence-corrected chi connectivity index (χ1v) is 7.64. The molecule has 0 saturated heterocycles. The summed E-state index contributed by atoms with van der Waals surface area (Å²) in [5.41, 5.74) is 6.71. The van der Waals surface area contributed by atoms with Crippen molar-refractivity contribution in [3.05, 3.63) is 64.2 Å². The van der Waals surface area contributed by atoms with Crippen molar-refractivity contribution in [1.29, 1.82) is 0 Å². The van der Waals surface area contributed by atoms with Crippen molar-refractivity contribution in [2.45, 2.75) is 39.5 Å². The zero-order chi connectivity index (χ0) is 14.8. The Bertz CT molecular complexity index is 688. The smallest absolute Gasteiger partial charge is 0.255 e. The Hall–Kier alpha value is -2.09. The van der Waals surface area contributed by atoms with Crippen molar-refractivity contribution in [3.63, 3.8) is 0 Å². The average molecular weight is 279 g/mol. The normalized spacial score (nSPS) is 13.6.